The number of imide groups is 1. The van der Waals surface area contributed by atoms with E-state index in [9.17, 15) is 18.4 Å². The van der Waals surface area contributed by atoms with Gasteiger partial charge in [0.05, 0.1) is 0 Å². The summed E-state index contributed by atoms with van der Waals surface area (Å²) in [6.45, 7) is 0.0401. The summed E-state index contributed by atoms with van der Waals surface area (Å²) in [7, 11) is 0. The number of urea groups is 1. The molecule has 3 rings (SSSR count). The first kappa shape index (κ1) is 15.6. The minimum absolute atomic E-state index is 0.0198. The Balaban J connectivity index is 1.91. The third-order valence-corrected chi connectivity index (χ3v) is 4.00. The summed E-state index contributed by atoms with van der Waals surface area (Å²) in [5.74, 6) is -2.39. The molecule has 0 radical (unpaired) electrons. The lowest BCUT2D eigenvalue weighted by atomic mass is 10.1. The zero-order valence-corrected chi connectivity index (χ0v) is 12.2. The van der Waals surface area contributed by atoms with Gasteiger partial charge in [-0.3, -0.25) is 9.69 Å². The van der Waals surface area contributed by atoms with Crippen LogP contribution < -0.4 is 15.5 Å². The Morgan fingerprint density at radius 1 is 1.22 bits per heavy atom. The van der Waals surface area contributed by atoms with Crippen molar-refractivity contribution < 1.29 is 23.5 Å². The maximum absolute atomic E-state index is 14.4. The first-order chi connectivity index (χ1) is 10.9. The van der Waals surface area contributed by atoms with Crippen molar-refractivity contribution in [1.29, 1.82) is 0 Å². The minimum Gasteiger partial charge on any atom is -0.376 e. The van der Waals surface area contributed by atoms with E-state index in [1.54, 1.807) is 4.90 Å². The Bertz CT molecular complexity index is 640. The quantitative estimate of drug-likeness (QED) is 0.829. The standard InChI is InChI=1S/C14H16F2N4O3/c15-10-3-9(18-5-8(17)6-18)4-11(16)13(10)19-2-1-12(22)20(7-21)14(19)23/h3-4,8,21H,1-2,5-7,17H2. The van der Waals surface area contributed by atoms with E-state index in [1.807, 2.05) is 0 Å². The number of nitrogens with two attached hydrogens (primary N) is 1. The van der Waals surface area contributed by atoms with Gasteiger partial charge >= 0.3 is 6.03 Å². The Morgan fingerprint density at radius 2 is 1.83 bits per heavy atom. The molecular weight excluding hydrogens is 310 g/mol. The molecule has 0 spiro atoms. The molecule has 0 saturated carbocycles. The topological polar surface area (TPSA) is 90.1 Å². The molecule has 0 unspecified atom stereocenters. The normalized spacial score (nSPS) is 19.4. The Morgan fingerprint density at radius 3 is 2.35 bits per heavy atom. The van der Waals surface area contributed by atoms with Gasteiger partial charge in [0.2, 0.25) is 5.91 Å². The first-order valence-corrected chi connectivity index (χ1v) is 7.14. The maximum Gasteiger partial charge on any atom is 0.333 e. The highest BCUT2D eigenvalue weighted by Gasteiger charge is 2.35. The van der Waals surface area contributed by atoms with Crippen molar-refractivity contribution in [2.24, 2.45) is 5.73 Å². The Hall–Kier alpha value is -2.26. The SMILES string of the molecule is NC1CN(c2cc(F)c(N3CCC(=O)N(CO)C3=O)c(F)c2)C1. The van der Waals surface area contributed by atoms with Crippen LogP contribution >= 0.6 is 0 Å². The van der Waals surface area contributed by atoms with Crippen LogP contribution in [0.4, 0.5) is 25.0 Å². The van der Waals surface area contributed by atoms with Gasteiger partial charge in [-0.2, -0.15) is 0 Å². The number of hydrogen-bond donors (Lipinski definition) is 2. The van der Waals surface area contributed by atoms with Crippen LogP contribution in [0.15, 0.2) is 12.1 Å². The van der Waals surface area contributed by atoms with Crippen LogP contribution in [0.2, 0.25) is 0 Å². The summed E-state index contributed by atoms with van der Waals surface area (Å²) in [6, 6.07) is 1.31. The number of hydrogen-bond acceptors (Lipinski definition) is 5. The highest BCUT2D eigenvalue weighted by molar-refractivity contribution is 6.05. The maximum atomic E-state index is 14.4. The van der Waals surface area contributed by atoms with Crippen molar-refractivity contribution in [2.75, 3.05) is 36.2 Å². The largest absolute Gasteiger partial charge is 0.376 e. The van der Waals surface area contributed by atoms with Gasteiger partial charge in [-0.25, -0.2) is 18.5 Å². The molecule has 2 heterocycles. The van der Waals surface area contributed by atoms with E-state index in [1.165, 1.54) is 0 Å². The number of carbonyl (C=O) groups is 2. The molecule has 1 aromatic rings. The monoisotopic (exact) mass is 326 g/mol. The van der Waals surface area contributed by atoms with Crippen molar-refractivity contribution in [3.63, 3.8) is 0 Å². The van der Waals surface area contributed by atoms with Gasteiger partial charge in [0, 0.05) is 37.8 Å². The predicted octanol–water partition coefficient (Wildman–Crippen LogP) is 0.221. The fraction of sp³-hybridized carbons (Fsp3) is 0.429. The third-order valence-electron chi connectivity index (χ3n) is 4.00. The summed E-state index contributed by atoms with van der Waals surface area (Å²) < 4.78 is 28.7. The van der Waals surface area contributed by atoms with E-state index in [2.05, 4.69) is 0 Å². The zero-order valence-electron chi connectivity index (χ0n) is 12.2. The van der Waals surface area contributed by atoms with Gasteiger partial charge in [0.1, 0.15) is 12.4 Å². The number of amides is 3. The van der Waals surface area contributed by atoms with Crippen LogP contribution in [0.5, 0.6) is 0 Å². The molecule has 3 N–H and O–H groups in total. The number of aliphatic hydroxyl groups excluding tert-OH is 1. The lowest BCUT2D eigenvalue weighted by Gasteiger charge is -2.39. The second kappa shape index (κ2) is 5.74. The Kier molecular flexibility index (Phi) is 3.90. The molecule has 0 atom stereocenters. The number of rotatable bonds is 3. The zero-order chi connectivity index (χ0) is 16.7. The Labute approximate surface area is 130 Å². The number of benzene rings is 1. The lowest BCUT2D eigenvalue weighted by molar-refractivity contribution is -0.131. The van der Waals surface area contributed by atoms with E-state index in [-0.39, 0.29) is 19.0 Å². The molecule has 124 valence electrons. The van der Waals surface area contributed by atoms with Gasteiger partial charge in [-0.15, -0.1) is 0 Å². The van der Waals surface area contributed by atoms with Crippen molar-refractivity contribution in [2.45, 2.75) is 12.5 Å². The van der Waals surface area contributed by atoms with E-state index in [4.69, 9.17) is 10.8 Å². The van der Waals surface area contributed by atoms with E-state index >= 15 is 0 Å². The van der Waals surface area contributed by atoms with Crippen LogP contribution in [0.25, 0.3) is 0 Å². The second-order valence-corrected chi connectivity index (χ2v) is 5.57. The van der Waals surface area contributed by atoms with Gasteiger partial charge in [-0.05, 0) is 12.1 Å². The predicted molar refractivity (Wildman–Crippen MR) is 77.8 cm³/mol. The number of carbonyl (C=O) groups excluding carboxylic acids is 2. The van der Waals surface area contributed by atoms with Crippen LogP contribution in [-0.4, -0.2) is 54.4 Å². The van der Waals surface area contributed by atoms with Gasteiger partial charge in [0.15, 0.2) is 11.6 Å². The average molecular weight is 326 g/mol. The molecule has 2 aliphatic rings. The van der Waals surface area contributed by atoms with Crippen molar-refractivity contribution in [3.8, 4) is 0 Å². The summed E-state index contributed by atoms with van der Waals surface area (Å²) in [5.41, 5.74) is 5.48. The van der Waals surface area contributed by atoms with Crippen molar-refractivity contribution >= 4 is 23.3 Å². The lowest BCUT2D eigenvalue weighted by Crippen LogP contribution is -2.56. The molecule has 2 aliphatic heterocycles. The fourth-order valence-electron chi connectivity index (χ4n) is 2.75. The van der Waals surface area contributed by atoms with Crippen LogP contribution in [-0.2, 0) is 4.79 Å². The molecule has 2 fully saturated rings. The van der Waals surface area contributed by atoms with E-state index in [0.29, 0.717) is 23.7 Å². The molecular formula is C14H16F2N4O3. The molecule has 0 bridgehead atoms. The van der Waals surface area contributed by atoms with Crippen LogP contribution in [0.1, 0.15) is 6.42 Å². The van der Waals surface area contributed by atoms with Gasteiger partial charge in [0.25, 0.3) is 0 Å². The van der Waals surface area contributed by atoms with Crippen molar-refractivity contribution in [3.05, 3.63) is 23.8 Å². The number of aliphatic hydroxyl groups is 1. The molecule has 0 aliphatic carbocycles. The van der Waals surface area contributed by atoms with Crippen LogP contribution in [0, 0.1) is 11.6 Å². The minimum atomic E-state index is -0.944. The molecule has 0 aromatic heterocycles. The number of anilines is 2. The number of nitrogens with zero attached hydrogens (tertiary/aromatic N) is 3. The molecule has 7 nitrogen and oxygen atoms in total. The third kappa shape index (κ3) is 2.62. The summed E-state index contributed by atoms with van der Waals surface area (Å²) in [5, 5.41) is 9.07. The highest BCUT2D eigenvalue weighted by atomic mass is 19.1. The summed E-state index contributed by atoms with van der Waals surface area (Å²) in [6.07, 6.45) is -0.117. The van der Waals surface area contributed by atoms with Gasteiger partial charge < -0.3 is 15.7 Å². The van der Waals surface area contributed by atoms with Gasteiger partial charge in [-0.1, -0.05) is 0 Å². The smallest absolute Gasteiger partial charge is 0.333 e. The van der Waals surface area contributed by atoms with E-state index in [0.717, 1.165) is 17.0 Å². The second-order valence-electron chi connectivity index (χ2n) is 5.57. The molecule has 23 heavy (non-hydrogen) atoms. The molecule has 2 saturated heterocycles. The average Bonchev–Trinajstić information content (AvgIpc) is 2.46. The first-order valence-electron chi connectivity index (χ1n) is 7.14. The summed E-state index contributed by atoms with van der Waals surface area (Å²) in [4.78, 5) is 26.7. The fourth-order valence-corrected chi connectivity index (χ4v) is 2.75. The molecule has 1 aromatic carbocycles. The summed E-state index contributed by atoms with van der Waals surface area (Å²) >= 11 is 0. The molecule has 3 amide bonds. The van der Waals surface area contributed by atoms with Crippen LogP contribution in [0.3, 0.4) is 0 Å². The van der Waals surface area contributed by atoms with Crippen molar-refractivity contribution in [1.82, 2.24) is 4.90 Å². The molecule has 9 heteroatoms. The highest BCUT2D eigenvalue weighted by Crippen LogP contribution is 2.32. The number of halogens is 2. The van der Waals surface area contributed by atoms with E-state index < -0.39 is 36.0 Å².